The first kappa shape index (κ1) is 20.2. The molecule has 1 aliphatic heterocycles. The molecule has 2 N–H and O–H groups in total. The van der Waals surface area contributed by atoms with Gasteiger partial charge in [-0.3, -0.25) is 0 Å². The van der Waals surface area contributed by atoms with Gasteiger partial charge in [0.25, 0.3) is 0 Å². The zero-order valence-corrected chi connectivity index (χ0v) is 15.4. The Kier molecular flexibility index (Phi) is 8.92. The summed E-state index contributed by atoms with van der Waals surface area (Å²) in [4.78, 5) is 13.9. The molecule has 0 saturated carbocycles. The van der Waals surface area contributed by atoms with E-state index in [1.165, 1.54) is 12.8 Å². The van der Waals surface area contributed by atoms with Crippen LogP contribution in [0.2, 0.25) is 0 Å². The van der Waals surface area contributed by atoms with E-state index in [-0.39, 0.29) is 12.7 Å². The molecule has 5 heteroatoms. The number of ether oxygens (including phenoxy) is 1. The molecule has 1 aliphatic rings. The highest BCUT2D eigenvalue weighted by Gasteiger charge is 2.30. The van der Waals surface area contributed by atoms with Crippen LogP contribution in [0.3, 0.4) is 0 Å². The van der Waals surface area contributed by atoms with Gasteiger partial charge in [0.2, 0.25) is 0 Å². The molecule has 1 atom stereocenters. The predicted octanol–water partition coefficient (Wildman–Crippen LogP) is 3.02. The first-order valence-corrected chi connectivity index (χ1v) is 9.17. The number of aliphatic hydroxyl groups excluding tert-OH is 1. The summed E-state index contributed by atoms with van der Waals surface area (Å²) in [6.07, 6.45) is 5.13. The van der Waals surface area contributed by atoms with Gasteiger partial charge >= 0.3 is 6.09 Å². The van der Waals surface area contributed by atoms with E-state index in [2.05, 4.69) is 12.2 Å². The third-order valence-corrected chi connectivity index (χ3v) is 4.49. The fraction of sp³-hybridized carbons (Fsp3) is 0.944. The smallest absolute Gasteiger partial charge is 0.410 e. The number of amides is 1. The molecule has 1 rings (SSSR count). The molecule has 0 aromatic heterocycles. The van der Waals surface area contributed by atoms with Crippen LogP contribution in [0.5, 0.6) is 0 Å². The van der Waals surface area contributed by atoms with Crippen LogP contribution in [0, 0.1) is 11.8 Å². The third-order valence-electron chi connectivity index (χ3n) is 4.49. The molecule has 1 fully saturated rings. The lowest BCUT2D eigenvalue weighted by molar-refractivity contribution is 0.0138. The number of carbonyl (C=O) groups excluding carboxylic acids is 1. The third kappa shape index (κ3) is 8.02. The van der Waals surface area contributed by atoms with Crippen LogP contribution in [0.1, 0.15) is 59.8 Å². The van der Waals surface area contributed by atoms with Gasteiger partial charge < -0.3 is 20.1 Å². The molecule has 0 aromatic carbocycles. The van der Waals surface area contributed by atoms with Crippen LogP contribution < -0.4 is 5.32 Å². The highest BCUT2D eigenvalue weighted by Crippen LogP contribution is 2.27. The van der Waals surface area contributed by atoms with Crippen molar-refractivity contribution in [1.29, 1.82) is 0 Å². The number of nitrogens with one attached hydrogen (secondary N) is 1. The van der Waals surface area contributed by atoms with Crippen molar-refractivity contribution >= 4 is 6.09 Å². The normalized spacial score (nSPS) is 18.0. The monoisotopic (exact) mass is 328 g/mol. The summed E-state index contributed by atoms with van der Waals surface area (Å²) in [7, 11) is 0. The van der Waals surface area contributed by atoms with Gasteiger partial charge in [0, 0.05) is 19.7 Å². The zero-order valence-electron chi connectivity index (χ0n) is 15.4. The summed E-state index contributed by atoms with van der Waals surface area (Å²) < 4.78 is 5.43. The Bertz CT molecular complexity index is 334. The summed E-state index contributed by atoms with van der Waals surface area (Å²) in [5, 5.41) is 13.1. The fourth-order valence-electron chi connectivity index (χ4n) is 3.07. The zero-order chi connectivity index (χ0) is 17.3. The first-order valence-electron chi connectivity index (χ1n) is 9.17. The van der Waals surface area contributed by atoms with E-state index >= 15 is 0 Å². The van der Waals surface area contributed by atoms with Crippen molar-refractivity contribution in [3.63, 3.8) is 0 Å². The number of unbranched alkanes of at least 4 members (excludes halogenated alkanes) is 1. The Balaban J connectivity index is 2.31. The van der Waals surface area contributed by atoms with E-state index in [9.17, 15) is 9.90 Å². The van der Waals surface area contributed by atoms with E-state index in [4.69, 9.17) is 4.74 Å². The highest BCUT2D eigenvalue weighted by atomic mass is 16.6. The Labute approximate surface area is 141 Å². The lowest BCUT2D eigenvalue weighted by Crippen LogP contribution is -2.43. The summed E-state index contributed by atoms with van der Waals surface area (Å²) in [6.45, 7) is 11.6. The van der Waals surface area contributed by atoms with Crippen LogP contribution in [-0.2, 0) is 4.74 Å². The molecule has 1 unspecified atom stereocenters. The minimum atomic E-state index is -0.439. The van der Waals surface area contributed by atoms with Crippen molar-refractivity contribution in [2.45, 2.75) is 65.4 Å². The number of piperidine rings is 1. The second kappa shape index (κ2) is 10.1. The van der Waals surface area contributed by atoms with Gasteiger partial charge in [-0.15, -0.1) is 0 Å². The van der Waals surface area contributed by atoms with Crippen molar-refractivity contribution in [1.82, 2.24) is 10.2 Å². The van der Waals surface area contributed by atoms with Gasteiger partial charge in [-0.2, -0.15) is 0 Å². The molecule has 136 valence electrons. The van der Waals surface area contributed by atoms with E-state index in [1.54, 1.807) is 4.90 Å². The maximum absolute atomic E-state index is 12.1. The quantitative estimate of drug-likeness (QED) is 0.672. The van der Waals surface area contributed by atoms with Gasteiger partial charge in [0.15, 0.2) is 0 Å². The minimum absolute atomic E-state index is 0.210. The Morgan fingerprint density at radius 2 is 1.96 bits per heavy atom. The largest absolute Gasteiger partial charge is 0.444 e. The SMILES string of the molecule is CCCCNCCC(CO)C1CCN(C(=O)OC(C)(C)C)CC1. The molecule has 0 aliphatic carbocycles. The van der Waals surface area contributed by atoms with E-state index in [1.807, 2.05) is 20.8 Å². The molecule has 23 heavy (non-hydrogen) atoms. The van der Waals surface area contributed by atoms with E-state index in [0.717, 1.165) is 45.4 Å². The van der Waals surface area contributed by atoms with Crippen molar-refractivity contribution in [3.8, 4) is 0 Å². The number of carbonyl (C=O) groups is 1. The summed E-state index contributed by atoms with van der Waals surface area (Å²) in [6, 6.07) is 0. The van der Waals surface area contributed by atoms with Gasteiger partial charge in [-0.25, -0.2) is 4.79 Å². The molecule has 1 heterocycles. The lowest BCUT2D eigenvalue weighted by atomic mass is 9.83. The predicted molar refractivity (Wildman–Crippen MR) is 93.5 cm³/mol. The molecule has 0 spiro atoms. The lowest BCUT2D eigenvalue weighted by Gasteiger charge is -2.36. The Morgan fingerprint density at radius 1 is 1.30 bits per heavy atom. The van der Waals surface area contributed by atoms with Gasteiger partial charge in [-0.05, 0) is 71.4 Å². The van der Waals surface area contributed by atoms with Crippen LogP contribution >= 0.6 is 0 Å². The number of rotatable bonds is 8. The Hall–Kier alpha value is -0.810. The maximum Gasteiger partial charge on any atom is 0.410 e. The number of hydrogen-bond acceptors (Lipinski definition) is 4. The average molecular weight is 328 g/mol. The molecular weight excluding hydrogens is 292 g/mol. The average Bonchev–Trinajstić information content (AvgIpc) is 2.49. The molecule has 0 aromatic rings. The number of likely N-dealkylation sites (tertiary alicyclic amines) is 1. The van der Waals surface area contributed by atoms with Crippen LogP contribution in [-0.4, -0.2) is 54.5 Å². The molecular formula is C18H36N2O3. The minimum Gasteiger partial charge on any atom is -0.444 e. The van der Waals surface area contributed by atoms with Crippen molar-refractivity contribution in [2.75, 3.05) is 32.8 Å². The van der Waals surface area contributed by atoms with E-state index in [0.29, 0.717) is 11.8 Å². The number of aliphatic hydroxyl groups is 1. The van der Waals surface area contributed by atoms with Crippen molar-refractivity contribution in [3.05, 3.63) is 0 Å². The highest BCUT2D eigenvalue weighted by molar-refractivity contribution is 5.68. The topological polar surface area (TPSA) is 61.8 Å². The van der Waals surface area contributed by atoms with Crippen molar-refractivity contribution < 1.29 is 14.6 Å². The first-order chi connectivity index (χ1) is 10.9. The van der Waals surface area contributed by atoms with Crippen molar-refractivity contribution in [2.24, 2.45) is 11.8 Å². The van der Waals surface area contributed by atoms with Gasteiger partial charge in [-0.1, -0.05) is 13.3 Å². The summed E-state index contributed by atoms with van der Waals surface area (Å²) in [5.74, 6) is 0.844. The van der Waals surface area contributed by atoms with Crippen LogP contribution in [0.4, 0.5) is 4.79 Å². The number of nitrogens with zero attached hydrogens (tertiary/aromatic N) is 1. The summed E-state index contributed by atoms with van der Waals surface area (Å²) >= 11 is 0. The van der Waals surface area contributed by atoms with Gasteiger partial charge in [0.1, 0.15) is 5.60 Å². The van der Waals surface area contributed by atoms with Crippen LogP contribution in [0.25, 0.3) is 0 Å². The Morgan fingerprint density at radius 3 is 2.48 bits per heavy atom. The van der Waals surface area contributed by atoms with Crippen LogP contribution in [0.15, 0.2) is 0 Å². The number of hydrogen-bond donors (Lipinski definition) is 2. The standard InChI is InChI=1S/C18H36N2O3/c1-5-6-10-19-11-7-16(14-21)15-8-12-20(13-9-15)17(22)23-18(2,3)4/h15-16,19,21H,5-14H2,1-4H3. The second-order valence-corrected chi connectivity index (χ2v) is 7.64. The fourth-order valence-corrected chi connectivity index (χ4v) is 3.07. The molecule has 0 bridgehead atoms. The molecule has 0 radical (unpaired) electrons. The second-order valence-electron chi connectivity index (χ2n) is 7.64. The molecule has 1 amide bonds. The van der Waals surface area contributed by atoms with E-state index < -0.39 is 5.60 Å². The van der Waals surface area contributed by atoms with Gasteiger partial charge in [0.05, 0.1) is 0 Å². The molecule has 5 nitrogen and oxygen atoms in total. The summed E-state index contributed by atoms with van der Waals surface area (Å²) in [5.41, 5.74) is -0.439. The maximum atomic E-state index is 12.1. The molecule has 1 saturated heterocycles.